The van der Waals surface area contributed by atoms with Crippen molar-refractivity contribution in [3.8, 4) is 0 Å². The summed E-state index contributed by atoms with van der Waals surface area (Å²) in [6.45, 7) is 2.35. The minimum atomic E-state index is -0.976. The normalized spacial score (nSPS) is 22.3. The maximum atomic E-state index is 12.7. The molecule has 0 aromatic heterocycles. The van der Waals surface area contributed by atoms with E-state index in [9.17, 15) is 14.7 Å². The third-order valence-electron chi connectivity index (χ3n) is 5.02. The number of nitrogens with zero attached hydrogens (tertiary/aromatic N) is 1. The smallest absolute Gasteiger partial charge is 0.335 e. The molecule has 124 valence electrons. The van der Waals surface area contributed by atoms with Gasteiger partial charge in [0.2, 0.25) is 5.91 Å². The van der Waals surface area contributed by atoms with E-state index < -0.39 is 5.97 Å². The van der Waals surface area contributed by atoms with Gasteiger partial charge in [0.05, 0.1) is 12.0 Å². The summed E-state index contributed by atoms with van der Waals surface area (Å²) >= 11 is 0. The van der Waals surface area contributed by atoms with Gasteiger partial charge in [-0.05, 0) is 43.2 Å². The van der Waals surface area contributed by atoms with E-state index in [1.807, 2.05) is 4.90 Å². The second kappa shape index (κ2) is 7.13. The van der Waals surface area contributed by atoms with Crippen LogP contribution in [0.3, 0.4) is 0 Å². The first-order chi connectivity index (χ1) is 11.2. The quantitative estimate of drug-likeness (QED) is 0.925. The Labute approximate surface area is 136 Å². The van der Waals surface area contributed by atoms with Gasteiger partial charge in [0, 0.05) is 25.8 Å². The number of hydrogen-bond donors (Lipinski definition) is 1. The molecule has 0 spiro atoms. The molecule has 2 aliphatic heterocycles. The van der Waals surface area contributed by atoms with E-state index in [-0.39, 0.29) is 17.9 Å². The van der Waals surface area contributed by atoms with Crippen LogP contribution >= 0.6 is 0 Å². The summed E-state index contributed by atoms with van der Waals surface area (Å²) in [5, 5.41) is 9.26. The minimum absolute atomic E-state index is 0.0488. The minimum Gasteiger partial charge on any atom is -0.478 e. The highest BCUT2D eigenvalue weighted by molar-refractivity contribution is 5.91. The first-order valence-electron chi connectivity index (χ1n) is 8.35. The molecule has 0 radical (unpaired) electrons. The molecule has 1 amide bonds. The third-order valence-corrected chi connectivity index (χ3v) is 5.02. The summed E-state index contributed by atoms with van der Waals surface area (Å²) in [5.74, 6) is -0.409. The Morgan fingerprint density at radius 3 is 2.65 bits per heavy atom. The zero-order chi connectivity index (χ0) is 16.2. The lowest BCUT2D eigenvalue weighted by Crippen LogP contribution is -2.42. The van der Waals surface area contributed by atoms with Crippen LogP contribution < -0.4 is 0 Å². The Morgan fingerprint density at radius 1 is 1.17 bits per heavy atom. The summed E-state index contributed by atoms with van der Waals surface area (Å²) in [6.07, 6.45) is 4.29. The summed E-state index contributed by atoms with van der Waals surface area (Å²) in [7, 11) is 0. The molecule has 1 unspecified atom stereocenters. The molecule has 2 fully saturated rings. The molecule has 0 aliphatic carbocycles. The fraction of sp³-hybridized carbons (Fsp3) is 0.556. The molecule has 2 aliphatic rings. The first kappa shape index (κ1) is 16.0. The van der Waals surface area contributed by atoms with Crippen LogP contribution in [0.2, 0.25) is 0 Å². The molecule has 0 bridgehead atoms. The van der Waals surface area contributed by atoms with Gasteiger partial charge in [-0.2, -0.15) is 0 Å². The lowest BCUT2D eigenvalue weighted by Gasteiger charge is -2.34. The summed E-state index contributed by atoms with van der Waals surface area (Å²) in [5.41, 5.74) is 0.824. The van der Waals surface area contributed by atoms with Crippen LogP contribution in [0.15, 0.2) is 24.3 Å². The van der Waals surface area contributed by atoms with Gasteiger partial charge in [-0.1, -0.05) is 18.2 Å². The Kier molecular flexibility index (Phi) is 4.96. The molecule has 2 heterocycles. The van der Waals surface area contributed by atoms with Gasteiger partial charge in [-0.25, -0.2) is 4.79 Å². The van der Waals surface area contributed by atoms with Crippen LogP contribution in [0.5, 0.6) is 0 Å². The molecule has 1 aromatic carbocycles. The third kappa shape index (κ3) is 3.55. The number of hydrogen-bond acceptors (Lipinski definition) is 3. The van der Waals surface area contributed by atoms with E-state index in [0.717, 1.165) is 45.4 Å². The second-order valence-corrected chi connectivity index (χ2v) is 6.39. The fourth-order valence-corrected chi connectivity index (χ4v) is 3.84. The average molecular weight is 317 g/mol. The van der Waals surface area contributed by atoms with Crippen molar-refractivity contribution in [2.24, 2.45) is 5.92 Å². The first-order valence-corrected chi connectivity index (χ1v) is 8.35. The number of carboxylic acids is 1. The molecule has 3 rings (SSSR count). The van der Waals surface area contributed by atoms with Gasteiger partial charge in [0.1, 0.15) is 0 Å². The number of aromatic carboxylic acids is 1. The monoisotopic (exact) mass is 317 g/mol. The Bertz CT molecular complexity index is 580. The molecular formula is C18H23NO4. The Balaban J connectivity index is 1.71. The number of amides is 1. The van der Waals surface area contributed by atoms with Crippen molar-refractivity contribution in [1.82, 2.24) is 4.90 Å². The SMILES string of the molecule is O=C(O)c1ccccc1CC(=O)N1CCCC1C1CCOCC1. The predicted molar refractivity (Wildman–Crippen MR) is 85.4 cm³/mol. The van der Waals surface area contributed by atoms with Gasteiger partial charge in [-0.15, -0.1) is 0 Å². The summed E-state index contributed by atoms with van der Waals surface area (Å²) in [4.78, 5) is 26.0. The molecule has 1 N–H and O–H groups in total. The van der Waals surface area contributed by atoms with Crippen molar-refractivity contribution in [1.29, 1.82) is 0 Å². The van der Waals surface area contributed by atoms with Crippen LogP contribution in [0.4, 0.5) is 0 Å². The van der Waals surface area contributed by atoms with Crippen LogP contribution in [-0.4, -0.2) is 47.7 Å². The van der Waals surface area contributed by atoms with E-state index in [4.69, 9.17) is 4.74 Å². The highest BCUT2D eigenvalue weighted by Crippen LogP contribution is 2.31. The van der Waals surface area contributed by atoms with E-state index >= 15 is 0 Å². The topological polar surface area (TPSA) is 66.8 Å². The number of carbonyl (C=O) groups excluding carboxylic acids is 1. The predicted octanol–water partition coefficient (Wildman–Crippen LogP) is 2.34. The van der Waals surface area contributed by atoms with Crippen LogP contribution in [0.25, 0.3) is 0 Å². The van der Waals surface area contributed by atoms with Gasteiger partial charge < -0.3 is 14.7 Å². The molecule has 1 aromatic rings. The van der Waals surface area contributed by atoms with Crippen LogP contribution in [0.1, 0.15) is 41.6 Å². The van der Waals surface area contributed by atoms with Gasteiger partial charge >= 0.3 is 5.97 Å². The number of carbonyl (C=O) groups is 2. The molecule has 1 atom stereocenters. The van der Waals surface area contributed by atoms with Gasteiger partial charge in [0.15, 0.2) is 0 Å². The molecule has 2 saturated heterocycles. The zero-order valence-corrected chi connectivity index (χ0v) is 13.2. The highest BCUT2D eigenvalue weighted by atomic mass is 16.5. The standard InChI is InChI=1S/C18H23NO4/c20-17(12-14-4-1-2-5-15(14)18(21)22)19-9-3-6-16(19)13-7-10-23-11-8-13/h1-2,4-5,13,16H,3,6-12H2,(H,21,22). The largest absolute Gasteiger partial charge is 0.478 e. The fourth-order valence-electron chi connectivity index (χ4n) is 3.84. The van der Waals surface area contributed by atoms with Crippen LogP contribution in [-0.2, 0) is 16.0 Å². The van der Waals surface area contributed by atoms with Crippen molar-refractivity contribution < 1.29 is 19.4 Å². The van der Waals surface area contributed by atoms with Crippen molar-refractivity contribution in [2.45, 2.75) is 38.1 Å². The molecule has 5 heteroatoms. The molecular weight excluding hydrogens is 294 g/mol. The molecule has 0 saturated carbocycles. The average Bonchev–Trinajstić information content (AvgIpc) is 3.05. The number of benzene rings is 1. The number of ether oxygens (including phenoxy) is 1. The van der Waals surface area contributed by atoms with Crippen molar-refractivity contribution in [3.63, 3.8) is 0 Å². The van der Waals surface area contributed by atoms with Crippen molar-refractivity contribution >= 4 is 11.9 Å². The summed E-state index contributed by atoms with van der Waals surface area (Å²) in [6, 6.07) is 7.07. The number of carboxylic acid groups (broad SMARTS) is 1. The van der Waals surface area contributed by atoms with Gasteiger partial charge in [-0.3, -0.25) is 4.79 Å². The zero-order valence-electron chi connectivity index (χ0n) is 13.2. The van der Waals surface area contributed by atoms with E-state index in [1.165, 1.54) is 0 Å². The molecule has 5 nitrogen and oxygen atoms in total. The highest BCUT2D eigenvalue weighted by Gasteiger charge is 2.35. The number of likely N-dealkylation sites (tertiary alicyclic amines) is 1. The van der Waals surface area contributed by atoms with E-state index in [2.05, 4.69) is 0 Å². The summed E-state index contributed by atoms with van der Waals surface area (Å²) < 4.78 is 5.42. The lowest BCUT2D eigenvalue weighted by atomic mass is 9.90. The van der Waals surface area contributed by atoms with Crippen molar-refractivity contribution in [3.05, 3.63) is 35.4 Å². The Morgan fingerprint density at radius 2 is 1.91 bits per heavy atom. The van der Waals surface area contributed by atoms with E-state index in [0.29, 0.717) is 17.5 Å². The van der Waals surface area contributed by atoms with Crippen LogP contribution in [0, 0.1) is 5.92 Å². The number of rotatable bonds is 4. The second-order valence-electron chi connectivity index (χ2n) is 6.39. The van der Waals surface area contributed by atoms with Crippen molar-refractivity contribution in [2.75, 3.05) is 19.8 Å². The van der Waals surface area contributed by atoms with E-state index in [1.54, 1.807) is 24.3 Å². The lowest BCUT2D eigenvalue weighted by molar-refractivity contribution is -0.132. The Hall–Kier alpha value is -1.88. The maximum absolute atomic E-state index is 12.7. The maximum Gasteiger partial charge on any atom is 0.335 e. The van der Waals surface area contributed by atoms with Gasteiger partial charge in [0.25, 0.3) is 0 Å². The molecule has 23 heavy (non-hydrogen) atoms.